The topological polar surface area (TPSA) is 30.7 Å². The van der Waals surface area contributed by atoms with Gasteiger partial charge in [-0.25, -0.2) is 9.97 Å². The van der Waals surface area contributed by atoms with E-state index < -0.39 is 0 Å². The third-order valence-corrected chi connectivity index (χ3v) is 13.6. The van der Waals surface area contributed by atoms with Crippen molar-refractivity contribution in [2.45, 2.75) is 13.8 Å². The normalized spacial score (nSPS) is 11.7. The van der Waals surface area contributed by atoms with E-state index in [-0.39, 0.29) is 0 Å². The van der Waals surface area contributed by atoms with Crippen molar-refractivity contribution < 1.29 is 0 Å². The van der Waals surface area contributed by atoms with Crippen LogP contribution in [0.4, 0.5) is 0 Å². The van der Waals surface area contributed by atoms with Crippen LogP contribution in [0.2, 0.25) is 0 Å². The molecule has 292 valence electrons. The van der Waals surface area contributed by atoms with Crippen LogP contribution in [0.15, 0.2) is 200 Å². The molecular formula is C58H39N3S. The van der Waals surface area contributed by atoms with E-state index in [2.05, 4.69) is 205 Å². The van der Waals surface area contributed by atoms with Gasteiger partial charge in [-0.3, -0.25) is 4.57 Å². The highest BCUT2D eigenvalue weighted by Gasteiger charge is 2.23. The SMILES string of the molecule is CC.c1ccc2c(-c3ccc(-c4nc(-n5c6c(-c7cccc8c7sc7ccc9ccccc9c78)cccc6c6ccc7ccccc7c65)nc5ccccc45)cc3)cccc2c1. The van der Waals surface area contributed by atoms with Gasteiger partial charge >= 0.3 is 0 Å². The molecule has 4 heteroatoms. The molecule has 0 fully saturated rings. The third-order valence-electron chi connectivity index (χ3n) is 12.4. The smallest absolute Gasteiger partial charge is 0.235 e. The van der Waals surface area contributed by atoms with Gasteiger partial charge in [0.15, 0.2) is 0 Å². The molecule has 0 atom stereocenters. The maximum absolute atomic E-state index is 5.59. The molecule has 3 aromatic heterocycles. The first kappa shape index (κ1) is 36.2. The highest BCUT2D eigenvalue weighted by molar-refractivity contribution is 7.26. The summed E-state index contributed by atoms with van der Waals surface area (Å²) in [5, 5.41) is 13.4. The summed E-state index contributed by atoms with van der Waals surface area (Å²) in [7, 11) is 0. The van der Waals surface area contributed by atoms with Crippen LogP contribution < -0.4 is 0 Å². The van der Waals surface area contributed by atoms with Crippen molar-refractivity contribution in [1.29, 1.82) is 0 Å². The van der Waals surface area contributed by atoms with Crippen LogP contribution in [0.25, 0.3) is 125 Å². The molecule has 0 aliphatic heterocycles. The molecule has 62 heavy (non-hydrogen) atoms. The fourth-order valence-electron chi connectivity index (χ4n) is 9.69. The van der Waals surface area contributed by atoms with Crippen molar-refractivity contribution in [2.75, 3.05) is 0 Å². The molecule has 0 bridgehead atoms. The molecule has 0 saturated carbocycles. The summed E-state index contributed by atoms with van der Waals surface area (Å²) >= 11 is 1.88. The average molecular weight is 810 g/mol. The predicted molar refractivity (Wildman–Crippen MR) is 267 cm³/mol. The van der Waals surface area contributed by atoms with Gasteiger partial charge in [-0.2, -0.15) is 0 Å². The van der Waals surface area contributed by atoms with E-state index in [1.807, 2.05) is 25.2 Å². The summed E-state index contributed by atoms with van der Waals surface area (Å²) in [5.41, 5.74) is 9.84. The van der Waals surface area contributed by atoms with E-state index in [1.165, 1.54) is 80.0 Å². The molecule has 0 unspecified atom stereocenters. The van der Waals surface area contributed by atoms with Gasteiger partial charge in [0.25, 0.3) is 0 Å². The van der Waals surface area contributed by atoms with Gasteiger partial charge in [-0.05, 0) is 50.2 Å². The minimum absolute atomic E-state index is 0.653. The largest absolute Gasteiger partial charge is 0.277 e. The number of hydrogen-bond acceptors (Lipinski definition) is 3. The number of aromatic nitrogens is 3. The third kappa shape index (κ3) is 5.50. The van der Waals surface area contributed by atoms with Gasteiger partial charge < -0.3 is 0 Å². The number of thiophene rings is 1. The van der Waals surface area contributed by atoms with Crippen molar-refractivity contribution in [2.24, 2.45) is 0 Å². The van der Waals surface area contributed by atoms with Crippen LogP contribution in [-0.4, -0.2) is 14.5 Å². The van der Waals surface area contributed by atoms with E-state index in [1.54, 1.807) is 0 Å². The molecule has 0 saturated heterocycles. The number of hydrogen-bond donors (Lipinski definition) is 0. The Hall–Kier alpha value is -7.66. The Morgan fingerprint density at radius 3 is 1.73 bits per heavy atom. The zero-order valence-electron chi connectivity index (χ0n) is 34.3. The number of fused-ring (bicyclic) bond motifs is 12. The number of benzene rings is 10. The number of para-hydroxylation sites is 2. The molecule has 0 radical (unpaired) electrons. The molecule has 13 rings (SSSR count). The van der Waals surface area contributed by atoms with Crippen molar-refractivity contribution in [3.8, 4) is 39.5 Å². The standard InChI is InChI=1S/C56H33N3S.C2H6/c1-4-16-39-34(12-1)15-9-20-40(39)37-26-28-38(29-27-37)52-47-19-7-8-25-49(47)57-56(58-52)59-53-42-18-6-3-14-36(42)30-32-45(53)43-21-10-22-44(54(43)59)46-23-11-24-48-51-41-17-5-2-13-35(41)31-33-50(51)60-55(46)48;1-2/h1-33H;1-2H3. The molecule has 0 N–H and O–H groups in total. The van der Waals surface area contributed by atoms with Crippen LogP contribution in [0, 0.1) is 0 Å². The summed E-state index contributed by atoms with van der Waals surface area (Å²) in [6.07, 6.45) is 0. The second-order valence-electron chi connectivity index (χ2n) is 15.7. The average Bonchev–Trinajstić information content (AvgIpc) is 3.91. The summed E-state index contributed by atoms with van der Waals surface area (Å²) in [6.45, 7) is 4.00. The Labute approximate surface area is 362 Å². The van der Waals surface area contributed by atoms with E-state index in [0.29, 0.717) is 5.95 Å². The van der Waals surface area contributed by atoms with Crippen LogP contribution in [0.5, 0.6) is 0 Å². The monoisotopic (exact) mass is 809 g/mol. The van der Waals surface area contributed by atoms with E-state index in [0.717, 1.165) is 38.8 Å². The lowest BCUT2D eigenvalue weighted by molar-refractivity contribution is 1.02. The van der Waals surface area contributed by atoms with Crippen molar-refractivity contribution in [3.05, 3.63) is 200 Å². The molecule has 13 aromatic rings. The fraction of sp³-hybridized carbons (Fsp3) is 0.0345. The first-order valence-corrected chi connectivity index (χ1v) is 22.2. The molecule has 3 heterocycles. The first-order chi connectivity index (χ1) is 30.8. The Balaban J connectivity index is 0.00000202. The summed E-state index contributed by atoms with van der Waals surface area (Å²) in [5.74, 6) is 0.653. The Bertz CT molecular complexity index is 3890. The first-order valence-electron chi connectivity index (χ1n) is 21.4. The molecule has 0 aliphatic carbocycles. The van der Waals surface area contributed by atoms with Crippen LogP contribution in [0.1, 0.15) is 13.8 Å². The summed E-state index contributed by atoms with van der Waals surface area (Å²) in [4.78, 5) is 11.0. The van der Waals surface area contributed by atoms with Gasteiger partial charge in [0.2, 0.25) is 5.95 Å². The van der Waals surface area contributed by atoms with Crippen molar-refractivity contribution in [3.63, 3.8) is 0 Å². The van der Waals surface area contributed by atoms with Gasteiger partial charge in [0, 0.05) is 58.4 Å². The molecule has 0 amide bonds. The summed E-state index contributed by atoms with van der Waals surface area (Å²) in [6, 6.07) is 72.5. The quantitative estimate of drug-likeness (QED) is 0.177. The Morgan fingerprint density at radius 2 is 0.919 bits per heavy atom. The van der Waals surface area contributed by atoms with Gasteiger partial charge in [-0.15, -0.1) is 11.3 Å². The molecular weight excluding hydrogens is 771 g/mol. The molecule has 0 spiro atoms. The van der Waals surface area contributed by atoms with Crippen LogP contribution >= 0.6 is 11.3 Å². The number of nitrogens with zero attached hydrogens (tertiary/aromatic N) is 3. The molecule has 3 nitrogen and oxygen atoms in total. The lowest BCUT2D eigenvalue weighted by Gasteiger charge is -2.15. The molecule has 0 aliphatic rings. The van der Waals surface area contributed by atoms with Gasteiger partial charge in [0.05, 0.1) is 22.2 Å². The maximum Gasteiger partial charge on any atom is 0.235 e. The maximum atomic E-state index is 5.59. The second-order valence-corrected chi connectivity index (χ2v) is 16.7. The zero-order valence-corrected chi connectivity index (χ0v) is 35.1. The second kappa shape index (κ2) is 14.5. The fourth-order valence-corrected chi connectivity index (χ4v) is 10.9. The van der Waals surface area contributed by atoms with Crippen molar-refractivity contribution >= 4 is 96.5 Å². The minimum Gasteiger partial charge on any atom is -0.277 e. The summed E-state index contributed by atoms with van der Waals surface area (Å²) < 4.78 is 4.93. The van der Waals surface area contributed by atoms with E-state index in [4.69, 9.17) is 9.97 Å². The Kier molecular flexibility index (Phi) is 8.48. The van der Waals surface area contributed by atoms with Crippen LogP contribution in [-0.2, 0) is 0 Å². The number of rotatable bonds is 4. The van der Waals surface area contributed by atoms with Gasteiger partial charge in [-0.1, -0.05) is 202 Å². The van der Waals surface area contributed by atoms with E-state index in [9.17, 15) is 0 Å². The zero-order chi connectivity index (χ0) is 41.3. The highest BCUT2D eigenvalue weighted by atomic mass is 32.1. The lowest BCUT2D eigenvalue weighted by atomic mass is 9.96. The highest BCUT2D eigenvalue weighted by Crippen LogP contribution is 2.47. The minimum atomic E-state index is 0.653. The van der Waals surface area contributed by atoms with Crippen molar-refractivity contribution in [1.82, 2.24) is 14.5 Å². The van der Waals surface area contributed by atoms with Crippen LogP contribution in [0.3, 0.4) is 0 Å². The Morgan fingerprint density at radius 1 is 0.371 bits per heavy atom. The predicted octanol–water partition coefficient (Wildman–Crippen LogP) is 16.6. The van der Waals surface area contributed by atoms with Gasteiger partial charge in [0.1, 0.15) is 0 Å². The van der Waals surface area contributed by atoms with E-state index >= 15 is 0 Å². The lowest BCUT2D eigenvalue weighted by Crippen LogP contribution is -2.04. The molecule has 10 aromatic carbocycles.